The van der Waals surface area contributed by atoms with Gasteiger partial charge in [0.05, 0.1) is 30.0 Å². The lowest BCUT2D eigenvalue weighted by Gasteiger charge is -2.22. The molecule has 0 aliphatic carbocycles. The van der Waals surface area contributed by atoms with Crippen LogP contribution in [0.5, 0.6) is 5.75 Å². The van der Waals surface area contributed by atoms with Gasteiger partial charge in [-0.15, -0.1) is 0 Å². The fourth-order valence-electron chi connectivity index (χ4n) is 2.69. The van der Waals surface area contributed by atoms with Crippen molar-refractivity contribution in [2.45, 2.75) is 18.7 Å². The van der Waals surface area contributed by atoms with E-state index >= 15 is 0 Å². The van der Waals surface area contributed by atoms with E-state index in [-0.39, 0.29) is 23.9 Å². The average molecular weight is 447 g/mol. The summed E-state index contributed by atoms with van der Waals surface area (Å²) in [6, 6.07) is 10.8. The smallest absolute Gasteiger partial charge is 0.314 e. The number of halogens is 1. The van der Waals surface area contributed by atoms with Gasteiger partial charge in [0, 0.05) is 11.0 Å². The zero-order valence-electron chi connectivity index (χ0n) is 16.9. The molecule has 164 valence electrons. The Kier molecular flexibility index (Phi) is 6.25. The summed E-state index contributed by atoms with van der Waals surface area (Å²) in [6.07, 6.45) is 1.40. The van der Waals surface area contributed by atoms with Crippen molar-refractivity contribution in [1.29, 1.82) is 0 Å². The van der Waals surface area contributed by atoms with Crippen molar-refractivity contribution >= 4 is 10.0 Å². The minimum Gasteiger partial charge on any atom is -0.487 e. The number of sulfonamides is 1. The van der Waals surface area contributed by atoms with E-state index in [0.29, 0.717) is 16.8 Å². The molecule has 0 bridgehead atoms. The van der Waals surface area contributed by atoms with E-state index in [0.717, 1.165) is 4.68 Å². The van der Waals surface area contributed by atoms with Gasteiger partial charge in [0.25, 0.3) is 0 Å². The summed E-state index contributed by atoms with van der Waals surface area (Å²) in [5, 5.41) is 18.8. The second-order valence-corrected chi connectivity index (χ2v) is 9.32. The van der Waals surface area contributed by atoms with Crippen LogP contribution in [0.1, 0.15) is 13.8 Å². The molecule has 0 unspecified atom stereocenters. The first-order valence-corrected chi connectivity index (χ1v) is 10.8. The highest BCUT2D eigenvalue weighted by Crippen LogP contribution is 2.29. The maximum Gasteiger partial charge on any atom is 0.314 e. The maximum absolute atomic E-state index is 13.3. The van der Waals surface area contributed by atoms with Gasteiger partial charge in [0.15, 0.2) is 5.75 Å². The number of aliphatic hydroxyl groups is 1. The van der Waals surface area contributed by atoms with E-state index < -0.39 is 26.8 Å². The summed E-state index contributed by atoms with van der Waals surface area (Å²) in [5.74, 6) is -0.492. The first-order valence-electron chi connectivity index (χ1n) is 9.27. The lowest BCUT2D eigenvalue weighted by molar-refractivity contribution is 0.0968. The maximum atomic E-state index is 13.3. The summed E-state index contributed by atoms with van der Waals surface area (Å²) < 4.78 is 43.2. The molecule has 0 radical (unpaired) electrons. The van der Waals surface area contributed by atoms with Crippen LogP contribution in [-0.2, 0) is 10.0 Å². The molecular weight excluding hydrogens is 425 g/mol. The molecule has 0 atom stereocenters. The third-order valence-corrected chi connectivity index (χ3v) is 5.46. The summed E-state index contributed by atoms with van der Waals surface area (Å²) in [5.41, 5.74) is -0.0502. The van der Waals surface area contributed by atoms with Crippen LogP contribution in [0, 0.1) is 11.2 Å². The zero-order valence-corrected chi connectivity index (χ0v) is 17.8. The van der Waals surface area contributed by atoms with Gasteiger partial charge < -0.3 is 9.84 Å². The van der Waals surface area contributed by atoms with Gasteiger partial charge in [-0.3, -0.25) is 4.79 Å². The number of ether oxygens (including phenoxy) is 1. The van der Waals surface area contributed by atoms with Gasteiger partial charge in [-0.25, -0.2) is 17.9 Å². The fourth-order valence-corrected chi connectivity index (χ4v) is 3.20. The number of nitrogens with two attached hydrogens (primary N) is 1. The van der Waals surface area contributed by atoms with E-state index in [9.17, 15) is 22.7 Å². The van der Waals surface area contributed by atoms with Crippen molar-refractivity contribution in [2.75, 3.05) is 13.2 Å². The molecular formula is C21H22FN3O5S. The second kappa shape index (κ2) is 8.58. The standard InChI is InChI=1S/C21H22FN3O5S/c1-21(2,12-26)13-30-19-18(14-3-9-17(10-4-14)31(23,28)29)11-24-25(20(19)27)16-7-5-15(22)6-8-16/h3-11,26H,12-13H2,1-2H3,(H2,23,28,29). The Hall–Kier alpha value is -3.08. The Morgan fingerprint density at radius 3 is 2.29 bits per heavy atom. The number of hydrogen-bond donors (Lipinski definition) is 2. The van der Waals surface area contributed by atoms with E-state index in [4.69, 9.17) is 9.88 Å². The third kappa shape index (κ3) is 5.16. The Labute approximate surface area is 178 Å². The number of aromatic nitrogens is 2. The molecule has 1 aromatic heterocycles. The monoisotopic (exact) mass is 447 g/mol. The molecule has 3 rings (SSSR count). The number of benzene rings is 2. The lowest BCUT2D eigenvalue weighted by Crippen LogP contribution is -2.29. The van der Waals surface area contributed by atoms with Gasteiger partial charge in [-0.2, -0.15) is 9.78 Å². The van der Waals surface area contributed by atoms with E-state index in [1.807, 2.05) is 0 Å². The molecule has 0 spiro atoms. The van der Waals surface area contributed by atoms with Crippen LogP contribution in [0.25, 0.3) is 16.8 Å². The van der Waals surface area contributed by atoms with Crippen LogP contribution < -0.4 is 15.4 Å². The van der Waals surface area contributed by atoms with Crippen molar-refractivity contribution in [2.24, 2.45) is 10.6 Å². The van der Waals surface area contributed by atoms with Crippen molar-refractivity contribution in [3.05, 3.63) is 70.9 Å². The van der Waals surface area contributed by atoms with Crippen molar-refractivity contribution < 1.29 is 22.7 Å². The van der Waals surface area contributed by atoms with Gasteiger partial charge in [-0.05, 0) is 42.0 Å². The summed E-state index contributed by atoms with van der Waals surface area (Å²) >= 11 is 0. The summed E-state index contributed by atoms with van der Waals surface area (Å²) in [6.45, 7) is 3.41. The number of nitrogens with zero attached hydrogens (tertiary/aromatic N) is 2. The molecule has 31 heavy (non-hydrogen) atoms. The molecule has 3 N–H and O–H groups in total. The van der Waals surface area contributed by atoms with Crippen LogP contribution in [0.3, 0.4) is 0 Å². The van der Waals surface area contributed by atoms with Crippen molar-refractivity contribution in [1.82, 2.24) is 9.78 Å². The highest BCUT2D eigenvalue weighted by atomic mass is 32.2. The Bertz CT molecular complexity index is 1240. The van der Waals surface area contributed by atoms with Gasteiger partial charge in [0.2, 0.25) is 10.0 Å². The van der Waals surface area contributed by atoms with Crippen LogP contribution in [-0.4, -0.2) is 36.5 Å². The predicted octanol–water partition coefficient (Wildman–Crippen LogP) is 2.08. The number of primary sulfonamides is 1. The van der Waals surface area contributed by atoms with E-state index in [1.165, 1.54) is 54.7 Å². The third-order valence-electron chi connectivity index (χ3n) is 4.53. The van der Waals surface area contributed by atoms with Gasteiger partial charge in [-0.1, -0.05) is 26.0 Å². The van der Waals surface area contributed by atoms with Crippen LogP contribution in [0.15, 0.2) is 64.4 Å². The molecule has 0 amide bonds. The van der Waals surface area contributed by atoms with Gasteiger partial charge >= 0.3 is 5.56 Å². The number of aliphatic hydroxyl groups excluding tert-OH is 1. The lowest BCUT2D eigenvalue weighted by atomic mass is 9.96. The quantitative estimate of drug-likeness (QED) is 0.571. The SMILES string of the molecule is CC(C)(CO)COc1c(-c2ccc(S(N)(=O)=O)cc2)cnn(-c2ccc(F)cc2)c1=O. The number of rotatable bonds is 7. The average Bonchev–Trinajstić information content (AvgIpc) is 2.73. The first-order chi connectivity index (χ1) is 14.5. The highest BCUT2D eigenvalue weighted by molar-refractivity contribution is 7.89. The van der Waals surface area contributed by atoms with Crippen molar-refractivity contribution in [3.63, 3.8) is 0 Å². The molecule has 3 aromatic rings. The second-order valence-electron chi connectivity index (χ2n) is 7.76. The minimum absolute atomic E-state index is 0.0361. The molecule has 0 saturated heterocycles. The van der Waals surface area contributed by atoms with Crippen LogP contribution >= 0.6 is 0 Å². The molecule has 0 aliphatic rings. The highest BCUT2D eigenvalue weighted by Gasteiger charge is 2.22. The predicted molar refractivity (Wildman–Crippen MR) is 113 cm³/mol. The molecule has 0 fully saturated rings. The summed E-state index contributed by atoms with van der Waals surface area (Å²) in [4.78, 5) is 13.1. The Balaban J connectivity index is 2.12. The zero-order chi connectivity index (χ0) is 22.8. The van der Waals surface area contributed by atoms with Crippen molar-refractivity contribution in [3.8, 4) is 22.6 Å². The molecule has 2 aromatic carbocycles. The fraction of sp³-hybridized carbons (Fsp3) is 0.238. The number of hydrogen-bond acceptors (Lipinski definition) is 6. The molecule has 8 nitrogen and oxygen atoms in total. The first kappa shape index (κ1) is 22.6. The Morgan fingerprint density at radius 2 is 1.74 bits per heavy atom. The summed E-state index contributed by atoms with van der Waals surface area (Å²) in [7, 11) is -3.87. The topological polar surface area (TPSA) is 125 Å². The van der Waals surface area contributed by atoms with Crippen LogP contribution in [0.4, 0.5) is 4.39 Å². The molecule has 10 heteroatoms. The van der Waals surface area contributed by atoms with E-state index in [2.05, 4.69) is 5.10 Å². The normalized spacial score (nSPS) is 12.0. The van der Waals surface area contributed by atoms with E-state index in [1.54, 1.807) is 13.8 Å². The minimum atomic E-state index is -3.87. The molecule has 0 aliphatic heterocycles. The molecule has 1 heterocycles. The Morgan fingerprint density at radius 1 is 1.13 bits per heavy atom. The molecule has 0 saturated carbocycles. The van der Waals surface area contributed by atoms with Gasteiger partial charge in [0.1, 0.15) is 5.82 Å². The van der Waals surface area contributed by atoms with Crippen LogP contribution in [0.2, 0.25) is 0 Å². The largest absolute Gasteiger partial charge is 0.487 e.